The summed E-state index contributed by atoms with van der Waals surface area (Å²) in [6, 6.07) is 0.571. The zero-order valence-corrected chi connectivity index (χ0v) is 5.33. The highest BCUT2D eigenvalue weighted by Crippen LogP contribution is 2.18. The van der Waals surface area contributed by atoms with Crippen molar-refractivity contribution in [3.8, 4) is 0 Å². The molecule has 8 heavy (non-hydrogen) atoms. The van der Waals surface area contributed by atoms with E-state index in [1.807, 2.05) is 0 Å². The molecule has 1 saturated carbocycles. The summed E-state index contributed by atoms with van der Waals surface area (Å²) in [4.78, 5) is 0. The number of hydrogen-bond acceptors (Lipinski definition) is 1. The van der Waals surface area contributed by atoms with E-state index in [4.69, 9.17) is 17.0 Å². The Bertz CT molecular complexity index is 98.6. The number of alkyl halides is 1. The third-order valence-corrected chi connectivity index (χ3v) is 1.36. The second-order valence-corrected chi connectivity index (χ2v) is 2.30. The van der Waals surface area contributed by atoms with Crippen LogP contribution < -0.4 is 5.32 Å². The van der Waals surface area contributed by atoms with Crippen LogP contribution in [0.4, 0.5) is 0 Å². The first-order valence-corrected chi connectivity index (χ1v) is 3.26. The average molecular weight is 133 g/mol. The minimum Gasteiger partial charge on any atom is -0.370 e. The fourth-order valence-electron chi connectivity index (χ4n) is 0.513. The monoisotopic (exact) mass is 132 g/mol. The first-order chi connectivity index (χ1) is 3.83. The minimum atomic E-state index is 0.316. The third kappa shape index (κ3) is 1.70. The largest absolute Gasteiger partial charge is 0.370 e. The van der Waals surface area contributed by atoms with Crippen LogP contribution in [0.25, 0.3) is 0 Å². The fraction of sp³-hybridized carbons (Fsp3) is 0.800. The van der Waals surface area contributed by atoms with Gasteiger partial charge in [0.1, 0.15) is 5.84 Å². The molecule has 2 N–H and O–H groups in total. The average Bonchev–Trinajstić information content (AvgIpc) is 2.50. The van der Waals surface area contributed by atoms with Crippen LogP contribution in [0.5, 0.6) is 0 Å². The first-order valence-electron chi connectivity index (χ1n) is 2.73. The molecule has 0 aromatic carbocycles. The Balaban J connectivity index is 2.07. The molecule has 1 aliphatic rings. The SMILES string of the molecule is N=C(CCl)NC1CC1. The van der Waals surface area contributed by atoms with Gasteiger partial charge in [-0.3, -0.25) is 5.41 Å². The summed E-state index contributed by atoms with van der Waals surface area (Å²) in [5.74, 6) is 0.769. The number of hydrogen-bond donors (Lipinski definition) is 2. The van der Waals surface area contributed by atoms with Gasteiger partial charge in [-0.2, -0.15) is 0 Å². The maximum atomic E-state index is 7.06. The summed E-state index contributed by atoms with van der Waals surface area (Å²) in [6.45, 7) is 0. The molecule has 3 heteroatoms. The molecule has 1 rings (SSSR count). The van der Waals surface area contributed by atoms with Gasteiger partial charge in [-0.1, -0.05) is 0 Å². The van der Waals surface area contributed by atoms with Crippen molar-refractivity contribution in [2.24, 2.45) is 0 Å². The Morgan fingerprint density at radius 1 is 1.75 bits per heavy atom. The van der Waals surface area contributed by atoms with Crippen LogP contribution in [0, 0.1) is 5.41 Å². The molecule has 1 fully saturated rings. The lowest BCUT2D eigenvalue weighted by Gasteiger charge is -1.99. The Labute approximate surface area is 53.7 Å². The highest BCUT2D eigenvalue weighted by atomic mass is 35.5. The molecule has 0 spiro atoms. The summed E-state index contributed by atoms with van der Waals surface area (Å²) in [5, 5.41) is 10.0. The summed E-state index contributed by atoms with van der Waals surface area (Å²) < 4.78 is 0. The van der Waals surface area contributed by atoms with E-state index in [-0.39, 0.29) is 0 Å². The molecular weight excluding hydrogens is 124 g/mol. The molecule has 0 aromatic rings. The van der Waals surface area contributed by atoms with Crippen molar-refractivity contribution in [2.75, 3.05) is 5.88 Å². The van der Waals surface area contributed by atoms with Crippen molar-refractivity contribution < 1.29 is 0 Å². The minimum absolute atomic E-state index is 0.316. The van der Waals surface area contributed by atoms with E-state index in [0.717, 1.165) is 0 Å². The number of nitrogens with one attached hydrogen (secondary N) is 2. The van der Waals surface area contributed by atoms with Crippen molar-refractivity contribution >= 4 is 17.4 Å². The Hall–Kier alpha value is -0.240. The van der Waals surface area contributed by atoms with Gasteiger partial charge in [0.2, 0.25) is 0 Å². The van der Waals surface area contributed by atoms with Gasteiger partial charge in [-0.25, -0.2) is 0 Å². The van der Waals surface area contributed by atoms with E-state index in [1.165, 1.54) is 12.8 Å². The molecule has 0 bridgehead atoms. The van der Waals surface area contributed by atoms with Gasteiger partial charge in [0.05, 0.1) is 5.88 Å². The molecule has 0 saturated heterocycles. The van der Waals surface area contributed by atoms with Crippen LogP contribution in [0.3, 0.4) is 0 Å². The van der Waals surface area contributed by atoms with Crippen molar-refractivity contribution in [2.45, 2.75) is 18.9 Å². The van der Waals surface area contributed by atoms with Gasteiger partial charge in [0.15, 0.2) is 0 Å². The van der Waals surface area contributed by atoms with Crippen LogP contribution in [-0.2, 0) is 0 Å². The zero-order valence-electron chi connectivity index (χ0n) is 4.58. The molecule has 0 aromatic heterocycles. The predicted molar refractivity (Wildman–Crippen MR) is 34.6 cm³/mol. The smallest absolute Gasteiger partial charge is 0.109 e. The van der Waals surface area contributed by atoms with Gasteiger partial charge in [-0.05, 0) is 12.8 Å². The summed E-state index contributed by atoms with van der Waals surface area (Å²) in [5.41, 5.74) is 0. The molecule has 0 atom stereocenters. The molecule has 0 heterocycles. The number of amidine groups is 1. The van der Waals surface area contributed by atoms with Gasteiger partial charge < -0.3 is 5.32 Å². The van der Waals surface area contributed by atoms with Crippen molar-refractivity contribution in [1.29, 1.82) is 5.41 Å². The van der Waals surface area contributed by atoms with Crippen LogP contribution in [0.1, 0.15) is 12.8 Å². The maximum Gasteiger partial charge on any atom is 0.109 e. The lowest BCUT2D eigenvalue weighted by atomic mass is 10.6. The van der Waals surface area contributed by atoms with Crippen molar-refractivity contribution in [3.05, 3.63) is 0 Å². The summed E-state index contributed by atoms with van der Waals surface area (Å²) in [7, 11) is 0. The Morgan fingerprint density at radius 3 is 2.75 bits per heavy atom. The van der Waals surface area contributed by atoms with Crippen LogP contribution in [-0.4, -0.2) is 17.8 Å². The molecule has 0 amide bonds. The van der Waals surface area contributed by atoms with Crippen molar-refractivity contribution in [1.82, 2.24) is 5.32 Å². The Morgan fingerprint density at radius 2 is 2.38 bits per heavy atom. The van der Waals surface area contributed by atoms with Crippen LogP contribution in [0.2, 0.25) is 0 Å². The van der Waals surface area contributed by atoms with E-state index < -0.39 is 0 Å². The van der Waals surface area contributed by atoms with Gasteiger partial charge >= 0.3 is 0 Å². The van der Waals surface area contributed by atoms with Crippen molar-refractivity contribution in [3.63, 3.8) is 0 Å². The van der Waals surface area contributed by atoms with Gasteiger partial charge in [0.25, 0.3) is 0 Å². The lowest BCUT2D eigenvalue weighted by molar-refractivity contribution is 0.896. The predicted octanol–water partition coefficient (Wildman–Crippen LogP) is 0.954. The van der Waals surface area contributed by atoms with E-state index in [0.29, 0.717) is 17.8 Å². The van der Waals surface area contributed by atoms with Gasteiger partial charge in [-0.15, -0.1) is 11.6 Å². The molecule has 1 aliphatic carbocycles. The summed E-state index contributed by atoms with van der Waals surface area (Å²) in [6.07, 6.45) is 2.42. The van der Waals surface area contributed by atoms with E-state index in [1.54, 1.807) is 0 Å². The van der Waals surface area contributed by atoms with Crippen LogP contribution in [0.15, 0.2) is 0 Å². The normalized spacial score (nSPS) is 18.1. The first kappa shape index (κ1) is 5.89. The van der Waals surface area contributed by atoms with E-state index in [2.05, 4.69) is 5.32 Å². The molecular formula is C5H9ClN2. The second kappa shape index (κ2) is 2.35. The number of halogens is 1. The maximum absolute atomic E-state index is 7.06. The summed E-state index contributed by atoms with van der Waals surface area (Å²) >= 11 is 5.34. The molecule has 2 nitrogen and oxygen atoms in total. The van der Waals surface area contributed by atoms with E-state index in [9.17, 15) is 0 Å². The molecule has 0 radical (unpaired) electrons. The van der Waals surface area contributed by atoms with Crippen LogP contribution >= 0.6 is 11.6 Å². The fourth-order valence-corrected chi connectivity index (χ4v) is 0.590. The van der Waals surface area contributed by atoms with Gasteiger partial charge in [0, 0.05) is 6.04 Å². The highest BCUT2D eigenvalue weighted by Gasteiger charge is 2.21. The highest BCUT2D eigenvalue weighted by molar-refractivity contribution is 6.27. The second-order valence-electron chi connectivity index (χ2n) is 2.03. The molecule has 0 unspecified atom stereocenters. The number of rotatable bonds is 2. The quantitative estimate of drug-likeness (QED) is 0.328. The third-order valence-electron chi connectivity index (χ3n) is 1.09. The zero-order chi connectivity index (χ0) is 5.98. The standard InChI is InChI=1S/C5H9ClN2/c6-3-5(7)8-4-1-2-4/h4H,1-3H2,(H2,7,8). The van der Waals surface area contributed by atoms with E-state index >= 15 is 0 Å². The molecule has 0 aliphatic heterocycles. The molecule has 46 valence electrons. The topological polar surface area (TPSA) is 35.9 Å². The Kier molecular flexibility index (Phi) is 1.73. The lowest BCUT2D eigenvalue weighted by Crippen LogP contribution is -2.25.